The van der Waals surface area contributed by atoms with Gasteiger partial charge in [0.15, 0.2) is 6.61 Å². The summed E-state index contributed by atoms with van der Waals surface area (Å²) in [6.07, 6.45) is 0.177. The van der Waals surface area contributed by atoms with Crippen molar-refractivity contribution in [2.45, 2.75) is 13.3 Å². The third-order valence-corrected chi connectivity index (χ3v) is 4.53. The Bertz CT molecular complexity index is 887. The van der Waals surface area contributed by atoms with E-state index >= 15 is 0 Å². The Kier molecular flexibility index (Phi) is 6.22. The summed E-state index contributed by atoms with van der Waals surface area (Å²) in [5.74, 6) is 0.602. The van der Waals surface area contributed by atoms with E-state index in [2.05, 4.69) is 5.32 Å². The van der Waals surface area contributed by atoms with E-state index < -0.39 is 5.97 Å². The molecule has 5 nitrogen and oxygen atoms in total. The van der Waals surface area contributed by atoms with E-state index in [1.807, 2.05) is 48.7 Å². The molecule has 0 spiro atoms. The van der Waals surface area contributed by atoms with Gasteiger partial charge in [-0.2, -0.15) is 0 Å². The van der Waals surface area contributed by atoms with Gasteiger partial charge in [0.05, 0.1) is 6.42 Å². The highest BCUT2D eigenvalue weighted by atomic mass is 32.1. The molecule has 0 radical (unpaired) electrons. The molecule has 6 heteroatoms. The van der Waals surface area contributed by atoms with Crippen molar-refractivity contribution >= 4 is 28.9 Å². The quantitative estimate of drug-likeness (QED) is 0.609. The molecule has 138 valence electrons. The summed E-state index contributed by atoms with van der Waals surface area (Å²) in [4.78, 5) is 24.5. The lowest BCUT2D eigenvalue weighted by Crippen LogP contribution is -2.21. The van der Waals surface area contributed by atoms with E-state index in [0.717, 1.165) is 16.2 Å². The molecule has 0 aliphatic rings. The van der Waals surface area contributed by atoms with Crippen LogP contribution in [0, 0.1) is 6.92 Å². The molecule has 1 N–H and O–H groups in total. The highest BCUT2D eigenvalue weighted by Crippen LogP contribution is 2.23. The van der Waals surface area contributed by atoms with Gasteiger partial charge in [-0.05, 0) is 54.8 Å². The largest absolute Gasteiger partial charge is 0.457 e. The molecule has 27 heavy (non-hydrogen) atoms. The first-order valence-electron chi connectivity index (χ1n) is 8.41. The van der Waals surface area contributed by atoms with Crippen molar-refractivity contribution in [2.24, 2.45) is 0 Å². The maximum Gasteiger partial charge on any atom is 0.311 e. The van der Waals surface area contributed by atoms with Gasteiger partial charge in [0.25, 0.3) is 5.91 Å². The molecule has 3 rings (SSSR count). The smallest absolute Gasteiger partial charge is 0.311 e. The second-order valence-corrected chi connectivity index (χ2v) is 6.94. The van der Waals surface area contributed by atoms with E-state index in [1.54, 1.807) is 24.3 Å². The average Bonchev–Trinajstić information content (AvgIpc) is 3.16. The minimum absolute atomic E-state index is 0.177. The number of hydrogen-bond donors (Lipinski definition) is 1. The molecule has 0 saturated heterocycles. The van der Waals surface area contributed by atoms with Gasteiger partial charge in [-0.15, -0.1) is 11.3 Å². The lowest BCUT2D eigenvalue weighted by atomic mass is 10.2. The summed E-state index contributed by atoms with van der Waals surface area (Å²) < 4.78 is 10.7. The first kappa shape index (κ1) is 18.7. The zero-order chi connectivity index (χ0) is 19.1. The normalized spacial score (nSPS) is 10.3. The Morgan fingerprint density at radius 2 is 1.63 bits per heavy atom. The van der Waals surface area contributed by atoms with Crippen LogP contribution in [0.15, 0.2) is 66.0 Å². The molecule has 0 fully saturated rings. The number of benzene rings is 2. The number of thiophene rings is 1. The fraction of sp³-hybridized carbons (Fsp3) is 0.143. The van der Waals surface area contributed by atoms with E-state index in [0.29, 0.717) is 11.4 Å². The molecular formula is C21H19NO4S. The number of anilines is 1. The van der Waals surface area contributed by atoms with Crippen molar-refractivity contribution in [3.8, 4) is 11.5 Å². The Morgan fingerprint density at radius 3 is 2.26 bits per heavy atom. The number of amides is 1. The third-order valence-electron chi connectivity index (χ3n) is 3.66. The maximum absolute atomic E-state index is 11.9. The Balaban J connectivity index is 1.45. The van der Waals surface area contributed by atoms with Crippen molar-refractivity contribution in [2.75, 3.05) is 11.9 Å². The fourth-order valence-corrected chi connectivity index (χ4v) is 2.99. The summed E-state index contributed by atoms with van der Waals surface area (Å²) in [6, 6.07) is 18.5. The topological polar surface area (TPSA) is 64.6 Å². The molecule has 0 bridgehead atoms. The van der Waals surface area contributed by atoms with E-state index in [1.165, 1.54) is 11.3 Å². The monoisotopic (exact) mass is 381 g/mol. The van der Waals surface area contributed by atoms with Crippen LogP contribution in [0.2, 0.25) is 0 Å². The Labute approximate surface area is 161 Å². The molecule has 0 saturated carbocycles. The number of carbonyl (C=O) groups excluding carboxylic acids is 2. The van der Waals surface area contributed by atoms with Crippen LogP contribution in [0.4, 0.5) is 5.69 Å². The first-order chi connectivity index (χ1) is 13.1. The lowest BCUT2D eigenvalue weighted by molar-refractivity contribution is -0.146. The zero-order valence-corrected chi connectivity index (χ0v) is 15.6. The van der Waals surface area contributed by atoms with Crippen LogP contribution in [-0.2, 0) is 20.7 Å². The molecule has 0 aliphatic heterocycles. The number of hydrogen-bond acceptors (Lipinski definition) is 5. The summed E-state index contributed by atoms with van der Waals surface area (Å²) in [5, 5.41) is 4.58. The van der Waals surface area contributed by atoms with Gasteiger partial charge >= 0.3 is 5.97 Å². The standard InChI is InChI=1S/C21H19NO4S/c1-15-4-8-17(9-5-15)26-18-10-6-16(7-11-18)22-20(23)14-25-21(24)13-19-3-2-12-27-19/h2-12H,13-14H2,1H3,(H,22,23). The average molecular weight is 381 g/mol. The number of carbonyl (C=O) groups is 2. The summed E-state index contributed by atoms with van der Waals surface area (Å²) >= 11 is 1.48. The molecular weight excluding hydrogens is 362 g/mol. The number of aryl methyl sites for hydroxylation is 1. The van der Waals surface area contributed by atoms with Crippen molar-refractivity contribution in [1.82, 2.24) is 0 Å². The predicted molar refractivity (Wildman–Crippen MR) is 105 cm³/mol. The van der Waals surface area contributed by atoms with Crippen LogP contribution < -0.4 is 10.1 Å². The Hall–Kier alpha value is -3.12. The van der Waals surface area contributed by atoms with E-state index in [-0.39, 0.29) is 18.9 Å². The zero-order valence-electron chi connectivity index (χ0n) is 14.8. The van der Waals surface area contributed by atoms with Crippen molar-refractivity contribution in [3.63, 3.8) is 0 Å². The van der Waals surface area contributed by atoms with Crippen LogP contribution in [0.3, 0.4) is 0 Å². The van der Waals surface area contributed by atoms with Crippen molar-refractivity contribution in [1.29, 1.82) is 0 Å². The highest BCUT2D eigenvalue weighted by Gasteiger charge is 2.09. The molecule has 3 aromatic rings. The van der Waals surface area contributed by atoms with Gasteiger partial charge in [-0.1, -0.05) is 23.8 Å². The van der Waals surface area contributed by atoms with Gasteiger partial charge in [-0.3, -0.25) is 9.59 Å². The summed E-state index contributed by atoms with van der Waals surface area (Å²) in [7, 11) is 0. The van der Waals surface area contributed by atoms with E-state index in [4.69, 9.17) is 9.47 Å². The van der Waals surface area contributed by atoms with Crippen LogP contribution in [0.25, 0.3) is 0 Å². The van der Waals surface area contributed by atoms with Gasteiger partial charge < -0.3 is 14.8 Å². The van der Waals surface area contributed by atoms with Crippen LogP contribution in [0.5, 0.6) is 11.5 Å². The first-order valence-corrected chi connectivity index (χ1v) is 9.29. The number of esters is 1. The highest BCUT2D eigenvalue weighted by molar-refractivity contribution is 7.10. The molecule has 0 aliphatic carbocycles. The molecule has 1 heterocycles. The number of rotatable bonds is 7. The van der Waals surface area contributed by atoms with Gasteiger partial charge in [0.2, 0.25) is 0 Å². The van der Waals surface area contributed by atoms with Crippen molar-refractivity contribution in [3.05, 3.63) is 76.5 Å². The molecule has 1 amide bonds. The Morgan fingerprint density at radius 1 is 0.963 bits per heavy atom. The summed E-state index contributed by atoms with van der Waals surface area (Å²) in [6.45, 7) is 1.70. The van der Waals surface area contributed by atoms with E-state index in [9.17, 15) is 9.59 Å². The molecule has 0 atom stereocenters. The maximum atomic E-state index is 11.9. The lowest BCUT2D eigenvalue weighted by Gasteiger charge is -2.09. The minimum atomic E-state index is -0.422. The molecule has 2 aromatic carbocycles. The summed E-state index contributed by atoms with van der Waals surface area (Å²) in [5.41, 5.74) is 1.77. The molecule has 0 unspecified atom stereocenters. The second-order valence-electron chi connectivity index (χ2n) is 5.90. The van der Waals surface area contributed by atoms with Gasteiger partial charge in [0.1, 0.15) is 11.5 Å². The predicted octanol–water partition coefficient (Wildman–Crippen LogP) is 4.57. The van der Waals surface area contributed by atoms with Crippen LogP contribution >= 0.6 is 11.3 Å². The fourth-order valence-electron chi connectivity index (χ4n) is 2.30. The minimum Gasteiger partial charge on any atom is -0.457 e. The third kappa shape index (κ3) is 5.97. The van der Waals surface area contributed by atoms with Crippen molar-refractivity contribution < 1.29 is 19.1 Å². The van der Waals surface area contributed by atoms with Crippen LogP contribution in [-0.4, -0.2) is 18.5 Å². The van der Waals surface area contributed by atoms with Gasteiger partial charge in [-0.25, -0.2) is 0 Å². The number of nitrogens with one attached hydrogen (secondary N) is 1. The number of ether oxygens (including phenoxy) is 2. The van der Waals surface area contributed by atoms with Gasteiger partial charge in [0, 0.05) is 10.6 Å². The van der Waals surface area contributed by atoms with Crippen LogP contribution in [0.1, 0.15) is 10.4 Å². The molecule has 1 aromatic heterocycles. The second kappa shape index (κ2) is 9.00. The SMILES string of the molecule is Cc1ccc(Oc2ccc(NC(=O)COC(=O)Cc3cccs3)cc2)cc1.